The number of esters is 1. The van der Waals surface area contributed by atoms with Gasteiger partial charge in [0.25, 0.3) is 0 Å². The second kappa shape index (κ2) is 25.9. The zero-order valence-electron chi connectivity index (χ0n) is 24.5. The normalized spacial score (nSPS) is 11.7. The summed E-state index contributed by atoms with van der Waals surface area (Å²) in [5, 5.41) is 0. The molecule has 36 heavy (non-hydrogen) atoms. The Kier molecular flexibility index (Phi) is 25.4. The lowest BCUT2D eigenvalue weighted by Gasteiger charge is -2.30. The largest absolute Gasteiger partial charge is 0.500 e. The molecule has 0 fully saturated rings. The first-order valence-corrected chi connectivity index (χ1v) is 17.2. The van der Waals surface area contributed by atoms with E-state index in [9.17, 15) is 4.79 Å². The Morgan fingerprint density at radius 1 is 0.556 bits per heavy atom. The summed E-state index contributed by atoms with van der Waals surface area (Å²) < 4.78 is 24.8. The fraction of sp³-hybridized carbons (Fsp3) is 0.900. The number of ether oxygens (including phenoxy) is 1. The van der Waals surface area contributed by atoms with Crippen LogP contribution in [-0.4, -0.2) is 41.2 Å². The first kappa shape index (κ1) is 35.3. The Labute approximate surface area is 225 Å². The van der Waals surface area contributed by atoms with Crippen LogP contribution in [0.4, 0.5) is 0 Å². The summed E-state index contributed by atoms with van der Waals surface area (Å²) in [7, 11) is -2.65. The molecule has 0 N–H and O–H groups in total. The van der Waals surface area contributed by atoms with E-state index in [4.69, 9.17) is 18.0 Å². The van der Waals surface area contributed by atoms with Crippen molar-refractivity contribution in [3.63, 3.8) is 0 Å². The third kappa shape index (κ3) is 21.4. The Bertz CT molecular complexity index is 476. The minimum atomic E-state index is -2.65. The second-order valence-corrected chi connectivity index (χ2v) is 12.9. The highest BCUT2D eigenvalue weighted by Crippen LogP contribution is 2.23. The molecular weight excluding hydrogens is 468 g/mol. The van der Waals surface area contributed by atoms with Gasteiger partial charge < -0.3 is 18.0 Å². The number of rotatable bonds is 28. The van der Waals surface area contributed by atoms with Gasteiger partial charge in [-0.25, -0.2) is 4.79 Å². The molecule has 0 aliphatic rings. The molecule has 0 unspecified atom stereocenters. The van der Waals surface area contributed by atoms with Crippen molar-refractivity contribution < 1.29 is 22.8 Å². The summed E-state index contributed by atoms with van der Waals surface area (Å²) in [5.41, 5.74) is 0.468. The van der Waals surface area contributed by atoms with Crippen LogP contribution in [0.2, 0.25) is 6.04 Å². The topological polar surface area (TPSA) is 54.0 Å². The predicted octanol–water partition coefficient (Wildman–Crippen LogP) is 9.18. The second-order valence-electron chi connectivity index (χ2n) is 10.2. The lowest BCUT2D eigenvalue weighted by Crippen LogP contribution is -2.46. The summed E-state index contributed by atoms with van der Waals surface area (Å²) in [4.78, 5) is 11.4. The maximum atomic E-state index is 11.4. The van der Waals surface area contributed by atoms with Gasteiger partial charge in [0, 0.05) is 31.4 Å². The van der Waals surface area contributed by atoms with Gasteiger partial charge in [-0.2, -0.15) is 0 Å². The number of carbonyl (C=O) groups is 1. The fourth-order valence-corrected chi connectivity index (χ4v) is 6.78. The summed E-state index contributed by atoms with van der Waals surface area (Å²) in [6.45, 7) is 14.8. The summed E-state index contributed by atoms with van der Waals surface area (Å²) in [6.07, 6.45) is 21.0. The minimum Gasteiger partial charge on any atom is -0.462 e. The first-order chi connectivity index (χ1) is 17.5. The Balaban J connectivity index is 4.61. The van der Waals surface area contributed by atoms with Gasteiger partial charge in [-0.05, 0) is 39.0 Å². The molecule has 0 amide bonds. The number of unbranched alkanes of at least 4 members (excludes halogenated alkanes) is 14. The molecule has 5 nitrogen and oxygen atoms in total. The van der Waals surface area contributed by atoms with Crippen molar-refractivity contribution in [1.82, 2.24) is 0 Å². The molecule has 0 rings (SSSR count). The van der Waals surface area contributed by atoms with Crippen LogP contribution in [0.3, 0.4) is 0 Å². The van der Waals surface area contributed by atoms with Crippen molar-refractivity contribution in [2.45, 2.75) is 149 Å². The van der Waals surface area contributed by atoms with E-state index in [0.29, 0.717) is 12.2 Å². The average Bonchev–Trinajstić information content (AvgIpc) is 2.87. The van der Waals surface area contributed by atoms with Gasteiger partial charge >= 0.3 is 14.8 Å². The molecule has 0 radical (unpaired) electrons. The van der Waals surface area contributed by atoms with E-state index < -0.39 is 8.80 Å². The van der Waals surface area contributed by atoms with Crippen molar-refractivity contribution in [2.75, 3.05) is 26.4 Å². The predicted molar refractivity (Wildman–Crippen MR) is 154 cm³/mol. The number of carbonyl (C=O) groups excluding carboxylic acids is 1. The SMILES string of the molecule is C=C(C)C(=O)OCCCCCCCC[Si](OCCCCCC)(OCCCCCC)OCCCCCC. The highest BCUT2D eigenvalue weighted by atomic mass is 28.4. The van der Waals surface area contributed by atoms with Gasteiger partial charge in [0.05, 0.1) is 6.61 Å². The summed E-state index contributed by atoms with van der Waals surface area (Å²) >= 11 is 0. The van der Waals surface area contributed by atoms with E-state index in [1.165, 1.54) is 64.2 Å². The minimum absolute atomic E-state index is 0.282. The molecule has 214 valence electrons. The molecule has 0 bridgehead atoms. The molecule has 0 saturated carbocycles. The van der Waals surface area contributed by atoms with Gasteiger partial charge in [-0.3, -0.25) is 0 Å². The highest BCUT2D eigenvalue weighted by Gasteiger charge is 2.40. The summed E-state index contributed by atoms with van der Waals surface area (Å²) in [6, 6.07) is 0.929. The van der Waals surface area contributed by atoms with Crippen molar-refractivity contribution in [3.05, 3.63) is 12.2 Å². The van der Waals surface area contributed by atoms with E-state index in [1.54, 1.807) is 6.92 Å². The number of hydrogen-bond acceptors (Lipinski definition) is 5. The molecule has 0 aromatic carbocycles. The standard InChI is InChI=1S/C30H60O5Si/c1-6-9-12-20-25-33-36(34-26-21-13-10-7-2,35-27-22-14-11-8-3)28-23-18-16-15-17-19-24-32-30(31)29(4)5/h4,6-28H2,1-3,5H3. The van der Waals surface area contributed by atoms with Crippen LogP contribution in [0.5, 0.6) is 0 Å². The zero-order valence-corrected chi connectivity index (χ0v) is 25.5. The third-order valence-corrected chi connectivity index (χ3v) is 9.32. The van der Waals surface area contributed by atoms with Crippen LogP contribution in [-0.2, 0) is 22.8 Å². The van der Waals surface area contributed by atoms with Crippen LogP contribution in [0.25, 0.3) is 0 Å². The van der Waals surface area contributed by atoms with Crippen molar-refractivity contribution in [3.8, 4) is 0 Å². The molecule has 0 saturated heterocycles. The Morgan fingerprint density at radius 2 is 0.917 bits per heavy atom. The molecule has 0 heterocycles. The zero-order chi connectivity index (χ0) is 26.7. The van der Waals surface area contributed by atoms with Gasteiger partial charge in [0.1, 0.15) is 0 Å². The van der Waals surface area contributed by atoms with E-state index in [0.717, 1.165) is 77.2 Å². The Morgan fingerprint density at radius 3 is 1.33 bits per heavy atom. The monoisotopic (exact) mass is 528 g/mol. The van der Waals surface area contributed by atoms with Crippen LogP contribution in [0.1, 0.15) is 143 Å². The number of hydrogen-bond donors (Lipinski definition) is 0. The molecule has 6 heteroatoms. The maximum Gasteiger partial charge on any atom is 0.500 e. The molecule has 0 aromatic rings. The Hall–Kier alpha value is -0.693. The lowest BCUT2D eigenvalue weighted by molar-refractivity contribution is -0.139. The molecule has 0 aliphatic heterocycles. The molecular formula is C30H60O5Si. The highest BCUT2D eigenvalue weighted by molar-refractivity contribution is 6.60. The third-order valence-electron chi connectivity index (χ3n) is 6.42. The summed E-state index contributed by atoms with van der Waals surface area (Å²) in [5.74, 6) is -0.282. The van der Waals surface area contributed by atoms with Gasteiger partial charge in [0.2, 0.25) is 0 Å². The van der Waals surface area contributed by atoms with E-state index >= 15 is 0 Å². The fourth-order valence-electron chi connectivity index (χ4n) is 4.05. The smallest absolute Gasteiger partial charge is 0.462 e. The van der Waals surface area contributed by atoms with Crippen LogP contribution < -0.4 is 0 Å². The van der Waals surface area contributed by atoms with Gasteiger partial charge in [-0.1, -0.05) is 111 Å². The van der Waals surface area contributed by atoms with Crippen molar-refractivity contribution in [1.29, 1.82) is 0 Å². The molecule has 0 atom stereocenters. The van der Waals surface area contributed by atoms with Crippen molar-refractivity contribution in [2.24, 2.45) is 0 Å². The van der Waals surface area contributed by atoms with E-state index in [2.05, 4.69) is 27.4 Å². The molecule has 0 aliphatic carbocycles. The van der Waals surface area contributed by atoms with Crippen LogP contribution >= 0.6 is 0 Å². The first-order valence-electron chi connectivity index (χ1n) is 15.3. The van der Waals surface area contributed by atoms with E-state index in [-0.39, 0.29) is 5.97 Å². The lowest BCUT2D eigenvalue weighted by atomic mass is 10.1. The molecule has 0 spiro atoms. The maximum absolute atomic E-state index is 11.4. The molecule has 0 aromatic heterocycles. The van der Waals surface area contributed by atoms with Gasteiger partial charge in [0.15, 0.2) is 0 Å². The van der Waals surface area contributed by atoms with Crippen molar-refractivity contribution >= 4 is 14.8 Å². The average molecular weight is 529 g/mol. The van der Waals surface area contributed by atoms with Crippen LogP contribution in [0.15, 0.2) is 12.2 Å². The van der Waals surface area contributed by atoms with Gasteiger partial charge in [-0.15, -0.1) is 0 Å². The van der Waals surface area contributed by atoms with Crippen LogP contribution in [0, 0.1) is 0 Å². The van der Waals surface area contributed by atoms with E-state index in [1.807, 2.05) is 0 Å². The quantitative estimate of drug-likeness (QED) is 0.0438.